The van der Waals surface area contributed by atoms with Crippen LogP contribution in [0, 0.1) is 19.8 Å². The number of piperidine rings is 1. The Morgan fingerprint density at radius 1 is 1.21 bits per heavy atom. The van der Waals surface area contributed by atoms with Crippen LogP contribution in [0.3, 0.4) is 0 Å². The van der Waals surface area contributed by atoms with Crippen LogP contribution >= 0.6 is 0 Å². The maximum Gasteiger partial charge on any atom is 0.253 e. The standard InChI is InChI=1S/C23H31N3O2/c1-17-5-3-7-21(13-17)23(27)25-10-4-6-19(15-25)16-26-18(2)14-24-22(26)20-8-11-28-12-9-20/h3,5,7,13-14,19-20H,4,6,8-12,15-16H2,1-2H3. The summed E-state index contributed by atoms with van der Waals surface area (Å²) in [5.41, 5.74) is 3.17. The van der Waals surface area contributed by atoms with E-state index in [1.54, 1.807) is 0 Å². The van der Waals surface area contributed by atoms with Crippen molar-refractivity contribution in [3.63, 3.8) is 0 Å². The number of carbonyl (C=O) groups is 1. The summed E-state index contributed by atoms with van der Waals surface area (Å²) in [4.78, 5) is 19.8. The predicted molar refractivity (Wildman–Crippen MR) is 110 cm³/mol. The Hall–Kier alpha value is -2.14. The van der Waals surface area contributed by atoms with Crippen molar-refractivity contribution in [3.05, 3.63) is 53.1 Å². The number of amides is 1. The zero-order valence-electron chi connectivity index (χ0n) is 17.1. The Balaban J connectivity index is 1.46. The highest BCUT2D eigenvalue weighted by Crippen LogP contribution is 2.29. The fraction of sp³-hybridized carbons (Fsp3) is 0.565. The lowest BCUT2D eigenvalue weighted by atomic mass is 9.95. The normalized spacial score (nSPS) is 21.1. The molecule has 5 nitrogen and oxygen atoms in total. The van der Waals surface area contributed by atoms with Crippen molar-refractivity contribution >= 4 is 5.91 Å². The van der Waals surface area contributed by atoms with Gasteiger partial charge >= 0.3 is 0 Å². The Labute approximate surface area is 167 Å². The van der Waals surface area contributed by atoms with E-state index in [0.29, 0.717) is 11.8 Å². The molecule has 2 saturated heterocycles. The fourth-order valence-electron chi connectivity index (χ4n) is 4.62. The summed E-state index contributed by atoms with van der Waals surface area (Å²) in [6.07, 6.45) is 6.35. The van der Waals surface area contributed by atoms with Crippen LogP contribution in [0.5, 0.6) is 0 Å². The van der Waals surface area contributed by atoms with E-state index in [1.165, 1.54) is 17.9 Å². The van der Waals surface area contributed by atoms with Crippen molar-refractivity contribution in [3.8, 4) is 0 Å². The maximum atomic E-state index is 13.0. The van der Waals surface area contributed by atoms with Crippen molar-refractivity contribution < 1.29 is 9.53 Å². The number of hydrogen-bond acceptors (Lipinski definition) is 3. The number of likely N-dealkylation sites (tertiary alicyclic amines) is 1. The van der Waals surface area contributed by atoms with Crippen molar-refractivity contribution in [1.29, 1.82) is 0 Å². The minimum atomic E-state index is 0.167. The molecule has 0 N–H and O–H groups in total. The minimum Gasteiger partial charge on any atom is -0.381 e. The zero-order chi connectivity index (χ0) is 19.5. The Morgan fingerprint density at radius 3 is 2.82 bits per heavy atom. The first kappa shape index (κ1) is 19.2. The van der Waals surface area contributed by atoms with Crippen molar-refractivity contribution in [2.75, 3.05) is 26.3 Å². The smallest absolute Gasteiger partial charge is 0.253 e. The van der Waals surface area contributed by atoms with Crippen LogP contribution in [0.2, 0.25) is 0 Å². The molecule has 5 heteroatoms. The van der Waals surface area contributed by atoms with Crippen LogP contribution in [-0.2, 0) is 11.3 Å². The number of aromatic nitrogens is 2. The molecule has 1 atom stereocenters. The van der Waals surface area contributed by atoms with Gasteiger partial charge in [-0.2, -0.15) is 0 Å². The van der Waals surface area contributed by atoms with Gasteiger partial charge in [-0.15, -0.1) is 0 Å². The summed E-state index contributed by atoms with van der Waals surface area (Å²) in [6.45, 7) is 8.49. The topological polar surface area (TPSA) is 47.4 Å². The molecule has 0 aliphatic carbocycles. The molecule has 2 aliphatic rings. The molecule has 1 unspecified atom stereocenters. The van der Waals surface area contributed by atoms with Gasteiger partial charge in [-0.3, -0.25) is 4.79 Å². The quantitative estimate of drug-likeness (QED) is 0.806. The third kappa shape index (κ3) is 4.14. The van der Waals surface area contributed by atoms with Gasteiger partial charge in [-0.05, 0) is 57.6 Å². The highest BCUT2D eigenvalue weighted by molar-refractivity contribution is 5.94. The average Bonchev–Trinajstić information content (AvgIpc) is 3.08. The van der Waals surface area contributed by atoms with E-state index in [-0.39, 0.29) is 5.91 Å². The summed E-state index contributed by atoms with van der Waals surface area (Å²) in [5, 5.41) is 0. The fourth-order valence-corrected chi connectivity index (χ4v) is 4.62. The second-order valence-electron chi connectivity index (χ2n) is 8.38. The van der Waals surface area contributed by atoms with Gasteiger partial charge in [0.15, 0.2) is 0 Å². The number of hydrogen-bond donors (Lipinski definition) is 0. The molecule has 2 fully saturated rings. The molecule has 1 amide bonds. The minimum absolute atomic E-state index is 0.167. The molecule has 3 heterocycles. The number of imidazole rings is 1. The summed E-state index contributed by atoms with van der Waals surface area (Å²) < 4.78 is 7.93. The van der Waals surface area contributed by atoms with Crippen LogP contribution in [0.4, 0.5) is 0 Å². The Kier molecular flexibility index (Phi) is 5.81. The summed E-state index contributed by atoms with van der Waals surface area (Å²) >= 11 is 0. The lowest BCUT2D eigenvalue weighted by Crippen LogP contribution is -2.41. The van der Waals surface area contributed by atoms with E-state index in [1.807, 2.05) is 42.3 Å². The van der Waals surface area contributed by atoms with Crippen LogP contribution in [-0.4, -0.2) is 46.7 Å². The summed E-state index contributed by atoms with van der Waals surface area (Å²) in [6, 6.07) is 7.94. The first-order valence-corrected chi connectivity index (χ1v) is 10.6. The van der Waals surface area contributed by atoms with Gasteiger partial charge in [0.2, 0.25) is 0 Å². The van der Waals surface area contributed by atoms with E-state index in [4.69, 9.17) is 9.72 Å². The first-order chi connectivity index (χ1) is 13.6. The number of benzene rings is 1. The van der Waals surface area contributed by atoms with Gasteiger partial charge in [0.1, 0.15) is 5.82 Å². The van der Waals surface area contributed by atoms with E-state index >= 15 is 0 Å². The Bertz CT molecular complexity index is 823. The molecule has 1 aromatic heterocycles. The third-order valence-corrected chi connectivity index (χ3v) is 6.18. The monoisotopic (exact) mass is 381 g/mol. The predicted octanol–water partition coefficient (Wildman–Crippen LogP) is 3.95. The number of carbonyl (C=O) groups excluding carboxylic acids is 1. The van der Waals surface area contributed by atoms with Gasteiger partial charge in [0.25, 0.3) is 5.91 Å². The zero-order valence-corrected chi connectivity index (χ0v) is 17.1. The highest BCUT2D eigenvalue weighted by atomic mass is 16.5. The molecule has 0 spiro atoms. The number of aryl methyl sites for hydroxylation is 2. The molecule has 0 saturated carbocycles. The second kappa shape index (κ2) is 8.48. The lowest BCUT2D eigenvalue weighted by Gasteiger charge is -2.34. The van der Waals surface area contributed by atoms with Crippen molar-refractivity contribution in [2.45, 2.75) is 52.0 Å². The van der Waals surface area contributed by atoms with Gasteiger partial charge in [0, 0.05) is 56.2 Å². The van der Waals surface area contributed by atoms with E-state index in [0.717, 1.165) is 63.2 Å². The molecule has 0 radical (unpaired) electrons. The second-order valence-corrected chi connectivity index (χ2v) is 8.38. The van der Waals surface area contributed by atoms with E-state index in [2.05, 4.69) is 11.5 Å². The summed E-state index contributed by atoms with van der Waals surface area (Å²) in [7, 11) is 0. The van der Waals surface area contributed by atoms with Gasteiger partial charge in [-0.1, -0.05) is 17.7 Å². The molecular weight excluding hydrogens is 350 g/mol. The lowest BCUT2D eigenvalue weighted by molar-refractivity contribution is 0.0656. The van der Waals surface area contributed by atoms with Gasteiger partial charge in [-0.25, -0.2) is 4.98 Å². The van der Waals surface area contributed by atoms with Gasteiger partial charge in [0.05, 0.1) is 0 Å². The molecule has 28 heavy (non-hydrogen) atoms. The van der Waals surface area contributed by atoms with Crippen LogP contribution in [0.15, 0.2) is 30.5 Å². The van der Waals surface area contributed by atoms with Crippen molar-refractivity contribution in [1.82, 2.24) is 14.5 Å². The molecule has 2 aliphatic heterocycles. The SMILES string of the molecule is Cc1cccc(C(=O)N2CCCC(Cn3c(C)cnc3C3CCOCC3)C2)c1. The number of ether oxygens (including phenoxy) is 1. The molecule has 1 aromatic carbocycles. The van der Waals surface area contributed by atoms with Crippen LogP contribution < -0.4 is 0 Å². The average molecular weight is 382 g/mol. The molecule has 150 valence electrons. The third-order valence-electron chi connectivity index (χ3n) is 6.18. The van der Waals surface area contributed by atoms with Crippen LogP contribution in [0.1, 0.15) is 59.0 Å². The van der Waals surface area contributed by atoms with Crippen LogP contribution in [0.25, 0.3) is 0 Å². The van der Waals surface area contributed by atoms with Crippen molar-refractivity contribution in [2.24, 2.45) is 5.92 Å². The summed E-state index contributed by atoms with van der Waals surface area (Å²) in [5.74, 6) is 2.36. The number of rotatable bonds is 4. The Morgan fingerprint density at radius 2 is 2.04 bits per heavy atom. The highest BCUT2D eigenvalue weighted by Gasteiger charge is 2.27. The van der Waals surface area contributed by atoms with E-state index in [9.17, 15) is 4.79 Å². The largest absolute Gasteiger partial charge is 0.381 e. The molecule has 0 bridgehead atoms. The number of nitrogens with zero attached hydrogens (tertiary/aromatic N) is 3. The molecular formula is C23H31N3O2. The van der Waals surface area contributed by atoms with E-state index < -0.39 is 0 Å². The van der Waals surface area contributed by atoms with Gasteiger partial charge < -0.3 is 14.2 Å². The first-order valence-electron chi connectivity index (χ1n) is 10.6. The molecule has 4 rings (SSSR count). The maximum absolute atomic E-state index is 13.0. The molecule has 2 aromatic rings.